The van der Waals surface area contributed by atoms with E-state index in [0.29, 0.717) is 25.1 Å². The summed E-state index contributed by atoms with van der Waals surface area (Å²) in [4.78, 5) is 12.5. The van der Waals surface area contributed by atoms with Crippen molar-refractivity contribution in [2.75, 3.05) is 18.8 Å². The molecule has 1 atom stereocenters. The molecule has 0 N–H and O–H groups in total. The van der Waals surface area contributed by atoms with Gasteiger partial charge in [0.1, 0.15) is 0 Å². The summed E-state index contributed by atoms with van der Waals surface area (Å²) in [5.74, 6) is 0.0608. The SMILES string of the molecule is CCS(=O)(=O)N1CCC[C@@H](n2nnn(-c3ccccc3)c2=O)C1. The van der Waals surface area contributed by atoms with Gasteiger partial charge in [0.25, 0.3) is 0 Å². The molecule has 1 aliphatic heterocycles. The Balaban J connectivity index is 1.88. The highest BCUT2D eigenvalue weighted by molar-refractivity contribution is 7.89. The molecule has 1 aromatic heterocycles. The highest BCUT2D eigenvalue weighted by Gasteiger charge is 2.30. The number of rotatable bonds is 4. The zero-order valence-corrected chi connectivity index (χ0v) is 13.7. The van der Waals surface area contributed by atoms with Crippen LogP contribution in [0.3, 0.4) is 0 Å². The van der Waals surface area contributed by atoms with E-state index in [1.54, 1.807) is 19.1 Å². The number of sulfonamides is 1. The maximum absolute atomic E-state index is 12.5. The normalized spacial score (nSPS) is 19.8. The highest BCUT2D eigenvalue weighted by Crippen LogP contribution is 2.21. The molecule has 2 heterocycles. The van der Waals surface area contributed by atoms with Crippen molar-refractivity contribution in [3.8, 4) is 5.69 Å². The molecule has 23 heavy (non-hydrogen) atoms. The number of benzene rings is 1. The molecule has 8 nitrogen and oxygen atoms in total. The van der Waals surface area contributed by atoms with E-state index in [9.17, 15) is 13.2 Å². The molecule has 0 bridgehead atoms. The van der Waals surface area contributed by atoms with Crippen molar-refractivity contribution in [2.24, 2.45) is 0 Å². The van der Waals surface area contributed by atoms with Crippen LogP contribution in [0, 0.1) is 0 Å². The summed E-state index contributed by atoms with van der Waals surface area (Å²) in [6.45, 7) is 2.38. The van der Waals surface area contributed by atoms with Crippen LogP contribution in [0.1, 0.15) is 25.8 Å². The van der Waals surface area contributed by atoms with Crippen molar-refractivity contribution in [3.63, 3.8) is 0 Å². The number of hydrogen-bond acceptors (Lipinski definition) is 5. The van der Waals surface area contributed by atoms with Crippen molar-refractivity contribution >= 4 is 10.0 Å². The summed E-state index contributed by atoms with van der Waals surface area (Å²) in [7, 11) is -3.26. The van der Waals surface area contributed by atoms with Gasteiger partial charge in [0.05, 0.1) is 17.5 Å². The summed E-state index contributed by atoms with van der Waals surface area (Å²) in [6, 6.07) is 8.75. The van der Waals surface area contributed by atoms with Crippen LogP contribution in [0.4, 0.5) is 0 Å². The fourth-order valence-electron chi connectivity index (χ4n) is 2.77. The van der Waals surface area contributed by atoms with Gasteiger partial charge in [-0.25, -0.2) is 13.2 Å². The van der Waals surface area contributed by atoms with Crippen LogP contribution in [0.2, 0.25) is 0 Å². The van der Waals surface area contributed by atoms with Crippen LogP contribution in [-0.4, -0.2) is 51.4 Å². The minimum Gasteiger partial charge on any atom is -0.244 e. The smallest absolute Gasteiger partial charge is 0.244 e. The van der Waals surface area contributed by atoms with Gasteiger partial charge in [0.2, 0.25) is 10.0 Å². The Labute approximate surface area is 134 Å². The minimum atomic E-state index is -3.26. The van der Waals surface area contributed by atoms with Gasteiger partial charge >= 0.3 is 5.69 Å². The van der Waals surface area contributed by atoms with Gasteiger partial charge in [-0.3, -0.25) is 0 Å². The molecular formula is C14H19N5O3S. The third kappa shape index (κ3) is 3.06. The Morgan fingerprint density at radius 3 is 2.65 bits per heavy atom. The van der Waals surface area contributed by atoms with E-state index in [0.717, 1.165) is 0 Å². The molecule has 0 aliphatic carbocycles. The molecule has 1 aromatic carbocycles. The van der Waals surface area contributed by atoms with E-state index < -0.39 is 10.0 Å². The van der Waals surface area contributed by atoms with Crippen molar-refractivity contribution in [2.45, 2.75) is 25.8 Å². The largest absolute Gasteiger partial charge is 0.368 e. The van der Waals surface area contributed by atoms with Gasteiger partial charge < -0.3 is 0 Å². The van der Waals surface area contributed by atoms with E-state index in [4.69, 9.17) is 0 Å². The summed E-state index contributed by atoms with van der Waals surface area (Å²) in [6.07, 6.45) is 1.41. The van der Waals surface area contributed by atoms with E-state index >= 15 is 0 Å². The van der Waals surface area contributed by atoms with Gasteiger partial charge in [-0.05, 0) is 42.3 Å². The highest BCUT2D eigenvalue weighted by atomic mass is 32.2. The summed E-state index contributed by atoms with van der Waals surface area (Å²) < 4.78 is 28.0. The molecule has 0 unspecified atom stereocenters. The molecule has 1 fully saturated rings. The molecule has 0 amide bonds. The van der Waals surface area contributed by atoms with E-state index in [1.165, 1.54) is 13.7 Å². The summed E-state index contributed by atoms with van der Waals surface area (Å²) in [5.41, 5.74) is 0.287. The quantitative estimate of drug-likeness (QED) is 0.806. The average molecular weight is 337 g/mol. The first-order valence-electron chi connectivity index (χ1n) is 7.60. The molecular weight excluding hydrogens is 318 g/mol. The monoisotopic (exact) mass is 337 g/mol. The predicted octanol–water partition coefficient (Wildman–Crippen LogP) is 0.416. The lowest BCUT2D eigenvalue weighted by molar-refractivity contribution is 0.247. The number of aromatic nitrogens is 4. The topological polar surface area (TPSA) is 90.1 Å². The molecule has 9 heteroatoms. The van der Waals surface area contributed by atoms with Crippen LogP contribution in [0.15, 0.2) is 35.1 Å². The first kappa shape index (κ1) is 15.9. The number of hydrogen-bond donors (Lipinski definition) is 0. The van der Waals surface area contributed by atoms with Crippen LogP contribution in [0.25, 0.3) is 5.69 Å². The van der Waals surface area contributed by atoms with Crippen molar-refractivity contribution in [1.82, 2.24) is 24.1 Å². The minimum absolute atomic E-state index is 0.0608. The summed E-state index contributed by atoms with van der Waals surface area (Å²) >= 11 is 0. The zero-order chi connectivity index (χ0) is 16.4. The molecule has 0 radical (unpaired) electrons. The second-order valence-corrected chi connectivity index (χ2v) is 7.77. The maximum Gasteiger partial charge on any atom is 0.368 e. The lowest BCUT2D eigenvalue weighted by Crippen LogP contribution is -2.43. The van der Waals surface area contributed by atoms with Crippen LogP contribution < -0.4 is 5.69 Å². The molecule has 1 saturated heterocycles. The number of nitrogens with zero attached hydrogens (tertiary/aromatic N) is 5. The number of piperidine rings is 1. The Kier molecular flexibility index (Phi) is 4.31. The Morgan fingerprint density at radius 2 is 1.96 bits per heavy atom. The maximum atomic E-state index is 12.5. The third-order valence-electron chi connectivity index (χ3n) is 4.07. The van der Waals surface area contributed by atoms with Crippen molar-refractivity contribution in [3.05, 3.63) is 40.8 Å². The fourth-order valence-corrected chi connectivity index (χ4v) is 3.94. The van der Waals surface area contributed by atoms with Crippen LogP contribution in [0.5, 0.6) is 0 Å². The number of tetrazole rings is 1. The fraction of sp³-hybridized carbons (Fsp3) is 0.500. The third-order valence-corrected chi connectivity index (χ3v) is 5.92. The number of para-hydroxylation sites is 1. The van der Waals surface area contributed by atoms with Gasteiger partial charge in [-0.2, -0.15) is 13.7 Å². The van der Waals surface area contributed by atoms with E-state index in [1.807, 2.05) is 18.2 Å². The van der Waals surface area contributed by atoms with Crippen molar-refractivity contribution < 1.29 is 8.42 Å². The average Bonchev–Trinajstić information content (AvgIpc) is 2.97. The molecule has 2 aromatic rings. The van der Waals surface area contributed by atoms with Gasteiger partial charge in [0.15, 0.2) is 0 Å². The predicted molar refractivity (Wildman–Crippen MR) is 84.9 cm³/mol. The Hall–Kier alpha value is -2.00. The Bertz CT molecular complexity index is 828. The molecule has 0 spiro atoms. The van der Waals surface area contributed by atoms with E-state index in [-0.39, 0.29) is 24.0 Å². The molecule has 3 rings (SSSR count). The zero-order valence-electron chi connectivity index (χ0n) is 12.9. The lowest BCUT2D eigenvalue weighted by atomic mass is 10.1. The first-order chi connectivity index (χ1) is 11.0. The molecule has 1 aliphatic rings. The van der Waals surface area contributed by atoms with Crippen LogP contribution in [-0.2, 0) is 10.0 Å². The van der Waals surface area contributed by atoms with Crippen LogP contribution >= 0.6 is 0 Å². The molecule has 124 valence electrons. The van der Waals surface area contributed by atoms with Gasteiger partial charge in [0, 0.05) is 13.1 Å². The van der Waals surface area contributed by atoms with Gasteiger partial charge in [-0.15, -0.1) is 0 Å². The van der Waals surface area contributed by atoms with Crippen molar-refractivity contribution in [1.29, 1.82) is 0 Å². The Morgan fingerprint density at radius 1 is 1.22 bits per heavy atom. The van der Waals surface area contributed by atoms with E-state index in [2.05, 4.69) is 10.4 Å². The second kappa shape index (κ2) is 6.25. The van der Waals surface area contributed by atoms with Gasteiger partial charge in [-0.1, -0.05) is 18.2 Å². The lowest BCUT2D eigenvalue weighted by Gasteiger charge is -2.30. The second-order valence-electron chi connectivity index (χ2n) is 5.51. The summed E-state index contributed by atoms with van der Waals surface area (Å²) in [5, 5.41) is 7.87. The standard InChI is InChI=1S/C14H19N5O3S/c1-2-23(21,22)17-10-6-9-13(11-17)19-14(20)18(15-16-19)12-7-4-3-5-8-12/h3-5,7-8,13H,2,6,9-11H2,1H3/t13-/m1/s1. The first-order valence-corrected chi connectivity index (χ1v) is 9.21. The molecule has 0 saturated carbocycles.